The Bertz CT molecular complexity index is 117. The Labute approximate surface area is 81.5 Å². The van der Waals surface area contributed by atoms with Crippen molar-refractivity contribution in [1.82, 2.24) is 0 Å². The van der Waals surface area contributed by atoms with Gasteiger partial charge in [0.25, 0.3) is 0 Å². The van der Waals surface area contributed by atoms with Gasteiger partial charge in [-0.1, -0.05) is 0 Å². The average Bonchev–Trinajstić information content (AvgIpc) is 2.05. The molecule has 3 nitrogen and oxygen atoms in total. The van der Waals surface area contributed by atoms with Crippen LogP contribution in [0.2, 0.25) is 0 Å². The first kappa shape index (κ1) is 12.4. The minimum atomic E-state index is -2.75. The van der Waals surface area contributed by atoms with Crippen molar-refractivity contribution in [2.24, 2.45) is 0 Å². The zero-order valence-electron chi connectivity index (χ0n) is 7.97. The maximum atomic E-state index is 10.9. The molecule has 4 heteroatoms. The van der Waals surface area contributed by atoms with E-state index in [4.69, 9.17) is 6.64 Å². The standard InChI is InChI=1S/C6H13O.C2H5O.O.Ti/c1-2-3-4-5-6-7;1-2-3;;/h2-6H2,1H3;2H2,1H3;;/q2*-1;;+2. The zero-order chi connectivity index (χ0) is 9.23. The summed E-state index contributed by atoms with van der Waals surface area (Å²) in [7, 11) is 0. The van der Waals surface area contributed by atoms with Gasteiger partial charge in [-0.05, 0) is 0 Å². The van der Waals surface area contributed by atoms with Crippen LogP contribution in [0.1, 0.15) is 39.5 Å². The van der Waals surface area contributed by atoms with Crippen LogP contribution in [0.15, 0.2) is 0 Å². The van der Waals surface area contributed by atoms with E-state index in [0.717, 1.165) is 12.8 Å². The molecule has 0 rings (SSSR count). The van der Waals surface area contributed by atoms with E-state index in [-0.39, 0.29) is 0 Å². The minimum absolute atomic E-state index is 0.494. The molecular formula is C8H18O3Ti. The van der Waals surface area contributed by atoms with Crippen LogP contribution in [0, 0.1) is 0 Å². The summed E-state index contributed by atoms with van der Waals surface area (Å²) >= 11 is -2.75. The van der Waals surface area contributed by atoms with Gasteiger partial charge in [0.1, 0.15) is 0 Å². The van der Waals surface area contributed by atoms with E-state index < -0.39 is 18.6 Å². The van der Waals surface area contributed by atoms with Crippen LogP contribution in [0.3, 0.4) is 0 Å². The molecule has 0 saturated carbocycles. The normalized spacial score (nSPS) is 10.2. The van der Waals surface area contributed by atoms with Gasteiger partial charge in [0.15, 0.2) is 0 Å². The third-order valence-corrected chi connectivity index (χ3v) is 2.99. The van der Waals surface area contributed by atoms with Crippen molar-refractivity contribution in [1.29, 1.82) is 0 Å². The first-order chi connectivity index (χ1) is 5.81. The summed E-state index contributed by atoms with van der Waals surface area (Å²) < 4.78 is 20.7. The molecule has 12 heavy (non-hydrogen) atoms. The van der Waals surface area contributed by atoms with Crippen molar-refractivity contribution in [2.75, 3.05) is 13.2 Å². The molecule has 0 aromatic carbocycles. The number of hydrogen-bond acceptors (Lipinski definition) is 3. The number of rotatable bonds is 8. The molecule has 0 atom stereocenters. The fraction of sp³-hybridized carbons (Fsp3) is 1.00. The molecule has 0 aliphatic carbocycles. The van der Waals surface area contributed by atoms with Gasteiger partial charge in [-0.3, -0.25) is 0 Å². The van der Waals surface area contributed by atoms with Crippen molar-refractivity contribution in [3.63, 3.8) is 0 Å². The van der Waals surface area contributed by atoms with Gasteiger partial charge >= 0.3 is 81.3 Å². The van der Waals surface area contributed by atoms with Gasteiger partial charge in [-0.2, -0.15) is 0 Å². The fourth-order valence-corrected chi connectivity index (χ4v) is 1.83. The van der Waals surface area contributed by atoms with Crippen molar-refractivity contribution in [3.8, 4) is 0 Å². The van der Waals surface area contributed by atoms with Gasteiger partial charge in [-0.15, -0.1) is 0 Å². The molecule has 0 radical (unpaired) electrons. The SMILES string of the molecule is CCCCCC[O][Ti](=[O])[O]CC. The van der Waals surface area contributed by atoms with Crippen molar-refractivity contribution in [2.45, 2.75) is 39.5 Å². The topological polar surface area (TPSA) is 35.5 Å². The summed E-state index contributed by atoms with van der Waals surface area (Å²) in [6.07, 6.45) is 4.60. The van der Waals surface area contributed by atoms with Crippen LogP contribution in [0.25, 0.3) is 0 Å². The quantitative estimate of drug-likeness (QED) is 0.455. The molecule has 0 aromatic heterocycles. The van der Waals surface area contributed by atoms with Crippen LogP contribution >= 0.6 is 0 Å². The molecule has 0 unspecified atom stereocenters. The van der Waals surface area contributed by atoms with Gasteiger partial charge in [-0.25, -0.2) is 0 Å². The molecule has 0 aliphatic rings. The van der Waals surface area contributed by atoms with Crippen LogP contribution in [0.4, 0.5) is 0 Å². The second-order valence-electron chi connectivity index (χ2n) is 2.59. The third kappa shape index (κ3) is 8.53. The molecule has 0 spiro atoms. The predicted molar refractivity (Wildman–Crippen MR) is 42.4 cm³/mol. The predicted octanol–water partition coefficient (Wildman–Crippen LogP) is 2.41. The van der Waals surface area contributed by atoms with Gasteiger partial charge < -0.3 is 0 Å². The molecule has 0 heterocycles. The summed E-state index contributed by atoms with van der Waals surface area (Å²) in [6.45, 7) is 5.08. The number of hydrogen-bond donors (Lipinski definition) is 0. The Hall–Kier alpha value is 0.434. The van der Waals surface area contributed by atoms with Gasteiger partial charge in [0.05, 0.1) is 0 Å². The first-order valence-corrected chi connectivity index (χ1v) is 6.52. The van der Waals surface area contributed by atoms with E-state index in [0.29, 0.717) is 13.2 Å². The zero-order valence-corrected chi connectivity index (χ0v) is 9.53. The summed E-state index contributed by atoms with van der Waals surface area (Å²) in [6, 6.07) is 0. The number of unbranched alkanes of at least 4 members (excludes halogenated alkanes) is 3. The van der Waals surface area contributed by atoms with Crippen molar-refractivity contribution in [3.05, 3.63) is 0 Å². The molecule has 0 amide bonds. The van der Waals surface area contributed by atoms with Crippen LogP contribution < -0.4 is 0 Å². The molecule has 72 valence electrons. The fourth-order valence-electron chi connectivity index (χ4n) is 0.844. The second-order valence-corrected chi connectivity index (χ2v) is 4.27. The van der Waals surface area contributed by atoms with E-state index in [1.807, 2.05) is 6.92 Å². The Morgan fingerprint density at radius 3 is 2.42 bits per heavy atom. The van der Waals surface area contributed by atoms with E-state index in [9.17, 15) is 3.32 Å². The Kier molecular flexibility index (Phi) is 9.87. The van der Waals surface area contributed by atoms with E-state index in [2.05, 4.69) is 6.92 Å². The summed E-state index contributed by atoms with van der Waals surface area (Å²) in [5, 5.41) is 0. The van der Waals surface area contributed by atoms with E-state index >= 15 is 0 Å². The first-order valence-electron chi connectivity index (χ1n) is 4.60. The molecule has 0 bridgehead atoms. The molecule has 0 saturated heterocycles. The molecule has 0 aromatic rings. The van der Waals surface area contributed by atoms with E-state index in [1.165, 1.54) is 12.8 Å². The van der Waals surface area contributed by atoms with Crippen molar-refractivity contribution < 1.29 is 28.6 Å². The average molecular weight is 210 g/mol. The van der Waals surface area contributed by atoms with Gasteiger partial charge in [0, 0.05) is 0 Å². The van der Waals surface area contributed by atoms with Crippen LogP contribution in [-0.2, 0) is 28.6 Å². The monoisotopic (exact) mass is 210 g/mol. The third-order valence-electron chi connectivity index (χ3n) is 1.48. The molecule has 0 fully saturated rings. The van der Waals surface area contributed by atoms with Crippen LogP contribution in [0.5, 0.6) is 0 Å². The Morgan fingerprint density at radius 2 is 1.83 bits per heavy atom. The van der Waals surface area contributed by atoms with Gasteiger partial charge in [0.2, 0.25) is 0 Å². The molecule has 0 aliphatic heterocycles. The van der Waals surface area contributed by atoms with Crippen LogP contribution in [-0.4, -0.2) is 13.2 Å². The molecule has 0 N–H and O–H groups in total. The summed E-state index contributed by atoms with van der Waals surface area (Å²) in [5.74, 6) is 0. The maximum absolute atomic E-state index is 10.9. The van der Waals surface area contributed by atoms with Crippen molar-refractivity contribution >= 4 is 0 Å². The summed E-state index contributed by atoms with van der Waals surface area (Å²) in [4.78, 5) is 0. The second kappa shape index (κ2) is 9.52. The van der Waals surface area contributed by atoms with E-state index in [1.54, 1.807) is 0 Å². The Balaban J connectivity index is 3.03. The Morgan fingerprint density at radius 1 is 1.08 bits per heavy atom. The molecular weight excluding hydrogens is 192 g/mol. The summed E-state index contributed by atoms with van der Waals surface area (Å²) in [5.41, 5.74) is 0.